The molecule has 0 aromatic heterocycles. The van der Waals surface area contributed by atoms with Crippen molar-refractivity contribution in [3.63, 3.8) is 0 Å². The van der Waals surface area contributed by atoms with Gasteiger partial charge in [0.1, 0.15) is 15.9 Å². The minimum absolute atomic E-state index is 0.121. The number of hydrogen-bond acceptors (Lipinski definition) is 4. The third-order valence-electron chi connectivity index (χ3n) is 4.22. The van der Waals surface area contributed by atoms with E-state index in [9.17, 15) is 13.2 Å². The molecule has 18 heavy (non-hydrogen) atoms. The topological polar surface area (TPSA) is 60.4 Å². The van der Waals surface area contributed by atoms with Crippen molar-refractivity contribution in [2.75, 3.05) is 13.4 Å². The molecule has 0 heterocycles. The lowest BCUT2D eigenvalue weighted by molar-refractivity contribution is -0.135. The first-order valence-corrected chi connectivity index (χ1v) is 8.64. The molecular formula is C13H22O4S. The molecule has 0 saturated heterocycles. The van der Waals surface area contributed by atoms with E-state index in [4.69, 9.17) is 4.74 Å². The van der Waals surface area contributed by atoms with Gasteiger partial charge in [0.05, 0.1) is 5.25 Å². The number of ether oxygens (including phenoxy) is 1. The highest BCUT2D eigenvalue weighted by molar-refractivity contribution is 7.91. The Labute approximate surface area is 109 Å². The van der Waals surface area contributed by atoms with E-state index >= 15 is 0 Å². The summed E-state index contributed by atoms with van der Waals surface area (Å²) in [7, 11) is -1.44. The Morgan fingerprint density at radius 3 is 2.39 bits per heavy atom. The van der Waals surface area contributed by atoms with Crippen LogP contribution in [0.2, 0.25) is 0 Å². The van der Waals surface area contributed by atoms with Gasteiger partial charge < -0.3 is 4.74 Å². The zero-order chi connectivity index (χ0) is 13.3. The molecule has 0 aliphatic heterocycles. The molecule has 2 saturated carbocycles. The van der Waals surface area contributed by atoms with Gasteiger partial charge in [0.2, 0.25) is 0 Å². The summed E-state index contributed by atoms with van der Waals surface area (Å²) >= 11 is 0. The maximum absolute atomic E-state index is 12.4. The quantitative estimate of drug-likeness (QED) is 0.763. The summed E-state index contributed by atoms with van der Waals surface area (Å²) in [6, 6.07) is 0. The molecule has 0 spiro atoms. The van der Waals surface area contributed by atoms with Crippen LogP contribution in [0.3, 0.4) is 0 Å². The highest BCUT2D eigenvalue weighted by Gasteiger charge is 2.41. The van der Waals surface area contributed by atoms with E-state index < -0.39 is 9.84 Å². The summed E-state index contributed by atoms with van der Waals surface area (Å²) in [5.41, 5.74) is 0. The average Bonchev–Trinajstić information content (AvgIpc) is 3.13. The molecule has 0 bridgehead atoms. The third-order valence-corrected chi connectivity index (χ3v) is 5.86. The summed E-state index contributed by atoms with van der Waals surface area (Å²) < 4.78 is 28.5. The van der Waals surface area contributed by atoms with E-state index in [1.807, 2.05) is 0 Å². The molecular weight excluding hydrogens is 252 g/mol. The number of hydrogen-bond donors (Lipinski definition) is 0. The van der Waals surface area contributed by atoms with Gasteiger partial charge in [0.15, 0.2) is 5.78 Å². The normalized spacial score (nSPS) is 31.0. The first kappa shape index (κ1) is 14.0. The van der Waals surface area contributed by atoms with Crippen LogP contribution in [0.5, 0.6) is 0 Å². The molecule has 104 valence electrons. The standard InChI is InChI=1S/C13H22O4S/c1-17-13(9-6-7-9)12(14)10-4-3-5-11(8-10)18(2,15)16/h9-11,13H,3-8H2,1-2H3. The van der Waals surface area contributed by atoms with E-state index in [-0.39, 0.29) is 23.1 Å². The van der Waals surface area contributed by atoms with Gasteiger partial charge in [-0.3, -0.25) is 4.79 Å². The van der Waals surface area contributed by atoms with Crippen LogP contribution >= 0.6 is 0 Å². The second-order valence-corrected chi connectivity index (χ2v) is 8.04. The molecule has 3 unspecified atom stereocenters. The average molecular weight is 274 g/mol. The fraction of sp³-hybridized carbons (Fsp3) is 0.923. The van der Waals surface area contributed by atoms with Gasteiger partial charge in [0, 0.05) is 19.3 Å². The van der Waals surface area contributed by atoms with Crippen molar-refractivity contribution in [1.82, 2.24) is 0 Å². The van der Waals surface area contributed by atoms with Crippen LogP contribution < -0.4 is 0 Å². The first-order valence-electron chi connectivity index (χ1n) is 6.69. The van der Waals surface area contributed by atoms with Gasteiger partial charge in [-0.1, -0.05) is 6.42 Å². The molecule has 2 aliphatic carbocycles. The van der Waals surface area contributed by atoms with Gasteiger partial charge in [-0.15, -0.1) is 0 Å². The molecule has 0 aromatic rings. The number of sulfone groups is 1. The molecule has 0 radical (unpaired) electrons. The van der Waals surface area contributed by atoms with Crippen LogP contribution in [0.1, 0.15) is 38.5 Å². The zero-order valence-electron chi connectivity index (χ0n) is 11.1. The maximum atomic E-state index is 12.4. The minimum atomic E-state index is -3.02. The van der Waals surface area contributed by atoms with Crippen molar-refractivity contribution in [2.24, 2.45) is 11.8 Å². The molecule has 0 amide bonds. The van der Waals surface area contributed by atoms with Gasteiger partial charge in [0.25, 0.3) is 0 Å². The van der Waals surface area contributed by atoms with E-state index in [1.165, 1.54) is 6.26 Å². The molecule has 2 fully saturated rings. The number of Topliss-reactive ketones (excluding diaryl/α,β-unsaturated/α-hetero) is 1. The fourth-order valence-electron chi connectivity index (χ4n) is 2.96. The zero-order valence-corrected chi connectivity index (χ0v) is 11.9. The number of methoxy groups -OCH3 is 1. The van der Waals surface area contributed by atoms with Gasteiger partial charge in [-0.2, -0.15) is 0 Å². The summed E-state index contributed by atoms with van der Waals surface area (Å²) in [6.07, 6.45) is 5.94. The Morgan fingerprint density at radius 2 is 1.89 bits per heavy atom. The molecule has 5 heteroatoms. The van der Waals surface area contributed by atoms with Crippen molar-refractivity contribution in [2.45, 2.75) is 49.9 Å². The van der Waals surface area contributed by atoms with Crippen molar-refractivity contribution in [3.8, 4) is 0 Å². The van der Waals surface area contributed by atoms with Crippen LogP contribution in [0.4, 0.5) is 0 Å². The lowest BCUT2D eigenvalue weighted by Crippen LogP contribution is -2.37. The minimum Gasteiger partial charge on any atom is -0.373 e. The largest absolute Gasteiger partial charge is 0.373 e. The highest BCUT2D eigenvalue weighted by Crippen LogP contribution is 2.38. The highest BCUT2D eigenvalue weighted by atomic mass is 32.2. The second-order valence-electron chi connectivity index (χ2n) is 5.71. The van der Waals surface area contributed by atoms with Crippen LogP contribution in [-0.4, -0.2) is 38.9 Å². The van der Waals surface area contributed by atoms with Gasteiger partial charge in [-0.25, -0.2) is 8.42 Å². The van der Waals surface area contributed by atoms with Gasteiger partial charge >= 0.3 is 0 Å². The monoisotopic (exact) mass is 274 g/mol. The molecule has 2 rings (SSSR count). The Balaban J connectivity index is 2.01. The molecule has 3 atom stereocenters. The third kappa shape index (κ3) is 3.12. The predicted molar refractivity (Wildman–Crippen MR) is 69.1 cm³/mol. The van der Waals surface area contributed by atoms with Crippen molar-refractivity contribution in [3.05, 3.63) is 0 Å². The Bertz CT molecular complexity index is 411. The van der Waals surface area contributed by atoms with Crippen molar-refractivity contribution >= 4 is 15.6 Å². The Kier molecular flexibility index (Phi) is 4.11. The molecule has 4 nitrogen and oxygen atoms in total. The summed E-state index contributed by atoms with van der Waals surface area (Å²) in [5.74, 6) is 0.387. The first-order chi connectivity index (χ1) is 8.43. The number of carbonyl (C=O) groups excluding carboxylic acids is 1. The van der Waals surface area contributed by atoms with Crippen LogP contribution in [0.25, 0.3) is 0 Å². The Morgan fingerprint density at radius 1 is 1.22 bits per heavy atom. The smallest absolute Gasteiger partial charge is 0.164 e. The van der Waals surface area contributed by atoms with Crippen molar-refractivity contribution in [1.29, 1.82) is 0 Å². The van der Waals surface area contributed by atoms with Crippen molar-refractivity contribution < 1.29 is 17.9 Å². The second kappa shape index (κ2) is 5.29. The number of ketones is 1. The Hall–Kier alpha value is -0.420. The fourth-order valence-corrected chi connectivity index (χ4v) is 4.14. The molecule has 0 N–H and O–H groups in total. The van der Waals surface area contributed by atoms with Crippen LogP contribution in [0.15, 0.2) is 0 Å². The summed E-state index contributed by atoms with van der Waals surface area (Å²) in [6.45, 7) is 0. The van der Waals surface area contributed by atoms with Crippen LogP contribution in [0, 0.1) is 11.8 Å². The van der Waals surface area contributed by atoms with E-state index in [2.05, 4.69) is 0 Å². The van der Waals surface area contributed by atoms with E-state index in [0.717, 1.165) is 25.7 Å². The summed E-state index contributed by atoms with van der Waals surface area (Å²) in [5, 5.41) is -0.336. The predicted octanol–water partition coefficient (Wildman–Crippen LogP) is 1.58. The maximum Gasteiger partial charge on any atom is 0.164 e. The van der Waals surface area contributed by atoms with Crippen LogP contribution in [-0.2, 0) is 19.4 Å². The number of rotatable bonds is 5. The molecule has 2 aliphatic rings. The lowest BCUT2D eigenvalue weighted by atomic mass is 9.83. The molecule has 0 aromatic carbocycles. The SMILES string of the molecule is COC(C(=O)C1CCCC(S(C)(=O)=O)C1)C1CC1. The van der Waals surface area contributed by atoms with E-state index in [1.54, 1.807) is 7.11 Å². The van der Waals surface area contributed by atoms with E-state index in [0.29, 0.717) is 18.8 Å². The number of carbonyl (C=O) groups is 1. The summed E-state index contributed by atoms with van der Waals surface area (Å²) in [4.78, 5) is 12.4. The lowest BCUT2D eigenvalue weighted by Gasteiger charge is -2.29. The van der Waals surface area contributed by atoms with Gasteiger partial charge in [-0.05, 0) is 38.0 Å².